The Kier molecular flexibility index (Phi) is 4.81. The number of rotatable bonds is 2. The molecule has 8 aliphatic rings. The summed E-state index contributed by atoms with van der Waals surface area (Å²) in [4.78, 5) is 28.6. The number of hydrogen-bond acceptors (Lipinski definition) is 2. The van der Waals surface area contributed by atoms with Crippen LogP contribution in [0.5, 0.6) is 0 Å². The third-order valence-corrected chi connectivity index (χ3v) is 13.2. The monoisotopic (exact) mass is 478 g/mol. The second kappa shape index (κ2) is 7.38. The van der Waals surface area contributed by atoms with Crippen LogP contribution in [-0.2, 0) is 9.59 Å². The molecule has 4 heteroatoms. The van der Waals surface area contributed by atoms with Gasteiger partial charge in [0.15, 0.2) is 0 Å². The lowest BCUT2D eigenvalue weighted by atomic mass is 9.47. The zero-order chi connectivity index (χ0) is 24.3. The average molecular weight is 479 g/mol. The van der Waals surface area contributed by atoms with Gasteiger partial charge >= 0.3 is 0 Å². The van der Waals surface area contributed by atoms with Crippen molar-refractivity contribution in [2.45, 2.75) is 103 Å². The van der Waals surface area contributed by atoms with Gasteiger partial charge in [0.2, 0.25) is 11.8 Å². The molecule has 0 spiro atoms. The third kappa shape index (κ3) is 3.10. The molecule has 0 radical (unpaired) electrons. The van der Waals surface area contributed by atoms with Crippen LogP contribution in [0.15, 0.2) is 12.2 Å². The van der Waals surface area contributed by atoms with Gasteiger partial charge in [0.05, 0.1) is 0 Å². The number of carbonyl (C=O) groups is 2. The fourth-order valence-corrected chi connectivity index (χ4v) is 12.3. The summed E-state index contributed by atoms with van der Waals surface area (Å²) in [5.41, 5.74) is 0.318. The number of likely N-dealkylation sites (N-methyl/N-ethyl adjacent to an activating group) is 1. The summed E-state index contributed by atoms with van der Waals surface area (Å²) in [5.74, 6) is 5.75. The number of nitrogens with zero attached hydrogens (tertiary/aromatic N) is 1. The summed E-state index contributed by atoms with van der Waals surface area (Å²) in [5, 5.41) is 3.80. The van der Waals surface area contributed by atoms with E-state index in [0.29, 0.717) is 35.6 Å². The van der Waals surface area contributed by atoms with E-state index in [9.17, 15) is 9.59 Å². The van der Waals surface area contributed by atoms with Crippen LogP contribution in [0.3, 0.4) is 0 Å². The highest BCUT2D eigenvalue weighted by molar-refractivity contribution is 5.89. The first-order chi connectivity index (χ1) is 16.6. The van der Waals surface area contributed by atoms with Gasteiger partial charge in [-0.25, -0.2) is 0 Å². The number of amides is 2. The highest BCUT2D eigenvalue weighted by Crippen LogP contribution is 2.67. The second-order valence-corrected chi connectivity index (χ2v) is 15.0. The summed E-state index contributed by atoms with van der Waals surface area (Å²) in [6, 6.07) is 0.333. The van der Waals surface area contributed by atoms with Crippen molar-refractivity contribution in [3.8, 4) is 0 Å². The standard InChI is InChI=1S/C31H46N2O2/c1-18-11-24-22-5-6-25-29(2,10-8-26(34)33(25)4)23(22)7-9-30(24,3)27(18)28(35)32-31-15-19-12-20(16-31)14-21(13-19)17-31/h8,10,18-25,27H,5-7,9,11-17H2,1-4H3,(H,32,35)/t18?,19?,20?,21?,22-,23+,24+,25-,27-,29-,30+,31?/m1/s1. The van der Waals surface area contributed by atoms with E-state index in [4.69, 9.17) is 0 Å². The SMILES string of the molecule is CC1C[C@H]2[C@@H]3CC[C@H]4N(C)C(=O)C=C[C@]4(C)[C@H]3CC[C@]2(C)[C@H]1C(=O)NC12CC3CC(CC(C3)C1)C2. The molecule has 7 fully saturated rings. The largest absolute Gasteiger partial charge is 0.350 e. The molecule has 2 amide bonds. The molecule has 192 valence electrons. The maximum absolute atomic E-state index is 14.2. The lowest BCUT2D eigenvalue weighted by molar-refractivity contribution is -0.145. The fraction of sp³-hybridized carbons (Fsp3) is 0.871. The first kappa shape index (κ1) is 22.8. The Labute approximate surface area is 212 Å². The van der Waals surface area contributed by atoms with E-state index in [1.165, 1.54) is 57.8 Å². The summed E-state index contributed by atoms with van der Waals surface area (Å²) < 4.78 is 0. The van der Waals surface area contributed by atoms with Crippen LogP contribution >= 0.6 is 0 Å². The van der Waals surface area contributed by atoms with Crippen LogP contribution in [0.1, 0.15) is 91.4 Å². The second-order valence-electron chi connectivity index (χ2n) is 15.0. The van der Waals surface area contributed by atoms with Crippen molar-refractivity contribution < 1.29 is 9.59 Å². The van der Waals surface area contributed by atoms with Crippen molar-refractivity contribution in [2.75, 3.05) is 7.05 Å². The molecule has 4 bridgehead atoms. The quantitative estimate of drug-likeness (QED) is 0.564. The van der Waals surface area contributed by atoms with Gasteiger partial charge < -0.3 is 10.2 Å². The van der Waals surface area contributed by atoms with E-state index in [1.54, 1.807) is 0 Å². The van der Waals surface area contributed by atoms with E-state index in [1.807, 2.05) is 18.0 Å². The van der Waals surface area contributed by atoms with Crippen LogP contribution in [-0.4, -0.2) is 35.3 Å². The highest BCUT2D eigenvalue weighted by atomic mass is 16.2. The molecular weight excluding hydrogens is 432 g/mol. The molecule has 1 heterocycles. The Morgan fingerprint density at radius 1 is 0.971 bits per heavy atom. The van der Waals surface area contributed by atoms with Gasteiger partial charge in [-0.3, -0.25) is 9.59 Å². The van der Waals surface area contributed by atoms with Crippen molar-refractivity contribution in [1.82, 2.24) is 10.2 Å². The Morgan fingerprint density at radius 2 is 1.63 bits per heavy atom. The zero-order valence-electron chi connectivity index (χ0n) is 22.4. The molecule has 7 aliphatic carbocycles. The number of hydrogen-bond donors (Lipinski definition) is 1. The first-order valence-corrected chi connectivity index (χ1v) is 14.9. The van der Waals surface area contributed by atoms with Crippen LogP contribution in [0.25, 0.3) is 0 Å². The van der Waals surface area contributed by atoms with Gasteiger partial charge in [0.25, 0.3) is 0 Å². The van der Waals surface area contributed by atoms with Gasteiger partial charge in [-0.15, -0.1) is 0 Å². The van der Waals surface area contributed by atoms with Gasteiger partial charge in [0.1, 0.15) is 0 Å². The molecule has 1 unspecified atom stereocenters. The van der Waals surface area contributed by atoms with E-state index >= 15 is 0 Å². The van der Waals surface area contributed by atoms with Crippen molar-refractivity contribution in [1.29, 1.82) is 0 Å². The molecule has 0 aromatic heterocycles. The molecule has 4 nitrogen and oxygen atoms in total. The van der Waals surface area contributed by atoms with Crippen LogP contribution < -0.4 is 5.32 Å². The molecule has 8 atom stereocenters. The minimum absolute atomic E-state index is 0.0791. The predicted octanol–water partition coefficient (Wildman–Crippen LogP) is 5.57. The van der Waals surface area contributed by atoms with Crippen molar-refractivity contribution in [3.63, 3.8) is 0 Å². The first-order valence-electron chi connectivity index (χ1n) is 14.9. The van der Waals surface area contributed by atoms with Gasteiger partial charge in [-0.1, -0.05) is 26.8 Å². The fourth-order valence-electron chi connectivity index (χ4n) is 12.3. The molecule has 8 rings (SSSR count). The van der Waals surface area contributed by atoms with E-state index < -0.39 is 0 Å². The van der Waals surface area contributed by atoms with E-state index in [2.05, 4.69) is 32.2 Å². The van der Waals surface area contributed by atoms with Gasteiger partial charge in [0, 0.05) is 30.0 Å². The minimum Gasteiger partial charge on any atom is -0.350 e. The maximum Gasteiger partial charge on any atom is 0.246 e. The lowest BCUT2D eigenvalue weighted by Gasteiger charge is -2.60. The molecule has 0 aromatic carbocycles. The van der Waals surface area contributed by atoms with Crippen LogP contribution in [0, 0.1) is 58.2 Å². The van der Waals surface area contributed by atoms with Crippen molar-refractivity contribution >= 4 is 11.8 Å². The molecule has 0 saturated heterocycles. The Morgan fingerprint density at radius 3 is 2.29 bits per heavy atom. The van der Waals surface area contributed by atoms with Gasteiger partial charge in [-0.05, 0) is 124 Å². The molecule has 1 N–H and O–H groups in total. The Bertz CT molecular complexity index is 936. The molecule has 0 aromatic rings. The Hall–Kier alpha value is -1.32. The predicted molar refractivity (Wildman–Crippen MR) is 137 cm³/mol. The number of nitrogens with one attached hydrogen (secondary N) is 1. The van der Waals surface area contributed by atoms with Crippen LogP contribution in [0.2, 0.25) is 0 Å². The topological polar surface area (TPSA) is 49.4 Å². The summed E-state index contributed by atoms with van der Waals surface area (Å²) >= 11 is 0. The summed E-state index contributed by atoms with van der Waals surface area (Å²) in [6.45, 7) is 7.29. The molecule has 7 saturated carbocycles. The minimum atomic E-state index is 0.0791. The van der Waals surface area contributed by atoms with Gasteiger partial charge in [-0.2, -0.15) is 0 Å². The average Bonchev–Trinajstić information content (AvgIpc) is 3.05. The Balaban J connectivity index is 1.14. The molecular formula is C31H46N2O2. The van der Waals surface area contributed by atoms with E-state index in [-0.39, 0.29) is 28.2 Å². The lowest BCUT2D eigenvalue weighted by Crippen LogP contribution is -2.62. The number of fused-ring (bicyclic) bond motifs is 5. The normalized spacial score (nSPS) is 55.9. The third-order valence-electron chi connectivity index (χ3n) is 13.2. The highest BCUT2D eigenvalue weighted by Gasteiger charge is 2.64. The number of carbonyl (C=O) groups excluding carboxylic acids is 2. The maximum atomic E-state index is 14.2. The molecule has 35 heavy (non-hydrogen) atoms. The van der Waals surface area contributed by atoms with Crippen molar-refractivity contribution in [3.05, 3.63) is 12.2 Å². The van der Waals surface area contributed by atoms with E-state index in [0.717, 1.165) is 30.6 Å². The summed E-state index contributed by atoms with van der Waals surface area (Å²) in [6.07, 6.45) is 18.0. The van der Waals surface area contributed by atoms with Crippen LogP contribution in [0.4, 0.5) is 0 Å². The summed E-state index contributed by atoms with van der Waals surface area (Å²) in [7, 11) is 2.00. The molecule has 1 aliphatic heterocycles. The smallest absolute Gasteiger partial charge is 0.246 e. The zero-order valence-corrected chi connectivity index (χ0v) is 22.4. The van der Waals surface area contributed by atoms with Crippen molar-refractivity contribution in [2.24, 2.45) is 58.2 Å².